The number of rotatable bonds is 7. The molecule has 1 atom stereocenters. The van der Waals surface area contributed by atoms with Crippen LogP contribution in [0.3, 0.4) is 0 Å². The van der Waals surface area contributed by atoms with E-state index in [4.69, 9.17) is 4.74 Å². The minimum Gasteiger partial charge on any atom is -0.380 e. The fraction of sp³-hybridized carbons (Fsp3) is 0.536. The second-order valence-electron chi connectivity index (χ2n) is 10.5. The monoisotopic (exact) mass is 468 g/mol. The van der Waals surface area contributed by atoms with E-state index in [9.17, 15) is 13.6 Å². The second-order valence-corrected chi connectivity index (χ2v) is 10.5. The lowest BCUT2D eigenvalue weighted by Crippen LogP contribution is -2.56. The Kier molecular flexibility index (Phi) is 6.72. The van der Waals surface area contributed by atoms with E-state index < -0.39 is 5.41 Å². The molecule has 1 unspecified atom stereocenters. The van der Waals surface area contributed by atoms with Crippen molar-refractivity contribution in [1.29, 1.82) is 0 Å². The first kappa shape index (κ1) is 23.4. The van der Waals surface area contributed by atoms with E-state index >= 15 is 0 Å². The Hall–Kier alpha value is -2.31. The summed E-state index contributed by atoms with van der Waals surface area (Å²) < 4.78 is 32.5. The minimum absolute atomic E-state index is 0.0431. The van der Waals surface area contributed by atoms with Crippen LogP contribution in [0.15, 0.2) is 48.5 Å². The van der Waals surface area contributed by atoms with Crippen LogP contribution in [0.4, 0.5) is 8.78 Å². The Balaban J connectivity index is 1.30. The van der Waals surface area contributed by atoms with Crippen LogP contribution >= 0.6 is 0 Å². The highest BCUT2D eigenvalue weighted by Gasteiger charge is 2.44. The van der Waals surface area contributed by atoms with E-state index in [2.05, 4.69) is 10.2 Å². The van der Waals surface area contributed by atoms with Crippen molar-refractivity contribution in [3.63, 3.8) is 0 Å². The predicted molar refractivity (Wildman–Crippen MR) is 128 cm³/mol. The molecule has 1 N–H and O–H groups in total. The van der Waals surface area contributed by atoms with Crippen molar-refractivity contribution in [3.8, 4) is 0 Å². The van der Waals surface area contributed by atoms with Crippen LogP contribution in [0.5, 0.6) is 0 Å². The van der Waals surface area contributed by atoms with E-state index in [1.54, 1.807) is 12.1 Å². The van der Waals surface area contributed by atoms with Gasteiger partial charge in [0.05, 0.1) is 18.6 Å². The first-order valence-corrected chi connectivity index (χ1v) is 12.6. The Bertz CT molecular complexity index is 972. The molecule has 3 fully saturated rings. The SMILES string of the molecule is O=C(NCC(Cc1ccc(F)cc1)N1CCC2(CC1)COC2)C1(c2ccc(F)cc2)CCCC1. The third-order valence-corrected chi connectivity index (χ3v) is 8.36. The maximum absolute atomic E-state index is 13.6. The number of hydrogen-bond donors (Lipinski definition) is 1. The summed E-state index contributed by atoms with van der Waals surface area (Å²) in [6.07, 6.45) is 6.56. The molecule has 2 saturated heterocycles. The summed E-state index contributed by atoms with van der Waals surface area (Å²) in [7, 11) is 0. The largest absolute Gasteiger partial charge is 0.380 e. The van der Waals surface area contributed by atoms with Gasteiger partial charge in [0.25, 0.3) is 0 Å². The highest BCUT2D eigenvalue weighted by atomic mass is 19.1. The van der Waals surface area contributed by atoms with Crippen molar-refractivity contribution < 1.29 is 18.3 Å². The fourth-order valence-corrected chi connectivity index (χ4v) is 6.04. The summed E-state index contributed by atoms with van der Waals surface area (Å²) in [4.78, 5) is 16.1. The van der Waals surface area contributed by atoms with Gasteiger partial charge in [-0.25, -0.2) is 8.78 Å². The molecule has 0 aromatic heterocycles. The number of piperidine rings is 1. The lowest BCUT2D eigenvalue weighted by atomic mass is 9.76. The van der Waals surface area contributed by atoms with Crippen LogP contribution in [0.25, 0.3) is 0 Å². The molecular weight excluding hydrogens is 434 g/mol. The lowest BCUT2D eigenvalue weighted by molar-refractivity contribution is -0.143. The first-order chi connectivity index (χ1) is 16.5. The molecular formula is C28H34F2N2O2. The number of ether oxygens (including phenoxy) is 1. The second kappa shape index (κ2) is 9.74. The molecule has 182 valence electrons. The molecule has 4 nitrogen and oxygen atoms in total. The first-order valence-electron chi connectivity index (χ1n) is 12.6. The third kappa shape index (κ3) is 4.76. The highest BCUT2D eigenvalue weighted by molar-refractivity contribution is 5.88. The summed E-state index contributed by atoms with van der Waals surface area (Å²) in [6.45, 7) is 4.23. The molecule has 2 aromatic rings. The molecule has 2 heterocycles. The van der Waals surface area contributed by atoms with Gasteiger partial charge in [0.2, 0.25) is 5.91 Å². The number of hydrogen-bond acceptors (Lipinski definition) is 3. The Morgan fingerprint density at radius 2 is 1.50 bits per heavy atom. The van der Waals surface area contributed by atoms with E-state index in [1.807, 2.05) is 12.1 Å². The highest BCUT2D eigenvalue weighted by Crippen LogP contribution is 2.42. The minimum atomic E-state index is -0.580. The average Bonchev–Trinajstić information content (AvgIpc) is 3.34. The summed E-state index contributed by atoms with van der Waals surface area (Å²) >= 11 is 0. The van der Waals surface area contributed by atoms with Gasteiger partial charge in [0.1, 0.15) is 11.6 Å². The molecule has 1 saturated carbocycles. The van der Waals surface area contributed by atoms with Crippen LogP contribution in [-0.2, 0) is 21.4 Å². The molecule has 1 spiro atoms. The van der Waals surface area contributed by atoms with Crippen LogP contribution in [0.1, 0.15) is 49.7 Å². The smallest absolute Gasteiger partial charge is 0.230 e. The number of nitrogens with zero attached hydrogens (tertiary/aromatic N) is 1. The number of carbonyl (C=O) groups excluding carboxylic acids is 1. The molecule has 1 aliphatic carbocycles. The number of benzene rings is 2. The summed E-state index contributed by atoms with van der Waals surface area (Å²) in [5.41, 5.74) is 1.74. The van der Waals surface area contributed by atoms with Gasteiger partial charge in [-0.15, -0.1) is 0 Å². The van der Waals surface area contributed by atoms with E-state index in [-0.39, 0.29) is 23.6 Å². The van der Waals surface area contributed by atoms with Crippen LogP contribution in [0.2, 0.25) is 0 Å². The fourth-order valence-electron chi connectivity index (χ4n) is 6.04. The van der Waals surface area contributed by atoms with Crippen molar-refractivity contribution in [2.45, 2.75) is 56.4 Å². The van der Waals surface area contributed by atoms with Gasteiger partial charge in [-0.1, -0.05) is 37.1 Å². The molecule has 5 rings (SSSR count). The molecule has 0 radical (unpaired) electrons. The average molecular weight is 469 g/mol. The zero-order chi connectivity index (χ0) is 23.6. The number of halogens is 2. The molecule has 2 aliphatic heterocycles. The summed E-state index contributed by atoms with van der Waals surface area (Å²) in [6, 6.07) is 13.3. The van der Waals surface area contributed by atoms with Gasteiger partial charge >= 0.3 is 0 Å². The maximum Gasteiger partial charge on any atom is 0.230 e. The molecule has 6 heteroatoms. The van der Waals surface area contributed by atoms with Gasteiger partial charge in [0.15, 0.2) is 0 Å². The third-order valence-electron chi connectivity index (χ3n) is 8.36. The van der Waals surface area contributed by atoms with Crippen LogP contribution < -0.4 is 5.32 Å². The number of carbonyl (C=O) groups is 1. The Labute approximate surface area is 200 Å². The van der Waals surface area contributed by atoms with Crippen molar-refractivity contribution in [3.05, 3.63) is 71.3 Å². The van der Waals surface area contributed by atoms with Crippen molar-refractivity contribution in [1.82, 2.24) is 10.2 Å². The maximum atomic E-state index is 13.6. The molecule has 0 bridgehead atoms. The molecule has 3 aliphatic rings. The normalized spacial score (nSPS) is 22.3. The Morgan fingerprint density at radius 1 is 0.912 bits per heavy atom. The molecule has 34 heavy (non-hydrogen) atoms. The van der Waals surface area contributed by atoms with Gasteiger partial charge in [-0.05, 0) is 80.6 Å². The Morgan fingerprint density at radius 3 is 2.06 bits per heavy atom. The van der Waals surface area contributed by atoms with Crippen LogP contribution in [0, 0.1) is 17.0 Å². The standard InChI is InChI=1S/C28H34F2N2O2/c29-23-7-3-21(4-8-23)17-25(32-15-13-27(14-16-32)19-34-20-27)18-31-26(33)28(11-1-2-12-28)22-5-9-24(30)10-6-22/h3-10,25H,1-2,11-20H2,(H,31,33). The van der Waals surface area contributed by atoms with Crippen molar-refractivity contribution in [2.75, 3.05) is 32.8 Å². The van der Waals surface area contributed by atoms with Gasteiger partial charge in [-0.2, -0.15) is 0 Å². The summed E-state index contributed by atoms with van der Waals surface area (Å²) in [5.74, 6) is -0.473. The topological polar surface area (TPSA) is 41.6 Å². The van der Waals surface area contributed by atoms with E-state index in [1.165, 1.54) is 24.3 Å². The van der Waals surface area contributed by atoms with Gasteiger partial charge in [-0.3, -0.25) is 9.69 Å². The zero-order valence-electron chi connectivity index (χ0n) is 19.7. The van der Waals surface area contributed by atoms with E-state index in [0.29, 0.717) is 12.0 Å². The van der Waals surface area contributed by atoms with Crippen molar-refractivity contribution in [2.24, 2.45) is 5.41 Å². The lowest BCUT2D eigenvalue weighted by Gasteiger charge is -2.49. The van der Waals surface area contributed by atoms with Gasteiger partial charge in [0, 0.05) is 18.0 Å². The van der Waals surface area contributed by atoms with Crippen LogP contribution in [-0.4, -0.2) is 49.7 Å². The molecule has 1 amide bonds. The predicted octanol–water partition coefficient (Wildman–Crippen LogP) is 4.62. The number of likely N-dealkylation sites (tertiary alicyclic amines) is 1. The number of amides is 1. The number of nitrogens with one attached hydrogen (secondary N) is 1. The zero-order valence-corrected chi connectivity index (χ0v) is 19.7. The van der Waals surface area contributed by atoms with Crippen molar-refractivity contribution >= 4 is 5.91 Å². The van der Waals surface area contributed by atoms with Gasteiger partial charge < -0.3 is 10.1 Å². The summed E-state index contributed by atoms with van der Waals surface area (Å²) in [5, 5.41) is 3.28. The van der Waals surface area contributed by atoms with E-state index in [0.717, 1.165) is 82.4 Å². The molecule has 2 aromatic carbocycles. The quantitative estimate of drug-likeness (QED) is 0.645.